The maximum Gasteiger partial charge on any atom is 0.255 e. The molecule has 1 fully saturated rings. The maximum atomic E-state index is 13.7. The monoisotopic (exact) mass is 541 g/mol. The third-order valence-corrected chi connectivity index (χ3v) is 7.23. The number of nitrogens with two attached hydrogens (primary N) is 1. The molecule has 7 N–H and O–H groups in total. The minimum Gasteiger partial charge on any atom is -0.508 e. The molecule has 0 spiro atoms. The molecule has 0 bridgehead atoms. The van der Waals surface area contributed by atoms with E-state index >= 15 is 0 Å². The van der Waals surface area contributed by atoms with Crippen LogP contribution in [0.1, 0.15) is 17.5 Å². The van der Waals surface area contributed by atoms with Crippen LogP contribution in [0, 0.1) is 11.8 Å². The van der Waals surface area contributed by atoms with Gasteiger partial charge in [-0.15, -0.1) is 24.0 Å². The summed E-state index contributed by atoms with van der Waals surface area (Å²) in [7, 11) is 3.06. The minimum absolute atomic E-state index is 0. The first-order chi connectivity index (χ1) is 16.4. The van der Waals surface area contributed by atoms with Gasteiger partial charge in [-0.3, -0.25) is 24.1 Å². The van der Waals surface area contributed by atoms with Crippen molar-refractivity contribution in [3.05, 3.63) is 40.2 Å². The van der Waals surface area contributed by atoms with E-state index in [-0.39, 0.29) is 48.0 Å². The maximum absolute atomic E-state index is 13.7. The number of nitrogens with one attached hydrogen (secondary N) is 1. The van der Waals surface area contributed by atoms with Crippen molar-refractivity contribution in [1.82, 2.24) is 4.90 Å². The van der Waals surface area contributed by atoms with Gasteiger partial charge in [0.1, 0.15) is 28.7 Å². The zero-order chi connectivity index (χ0) is 26.0. The Morgan fingerprint density at radius 3 is 2.42 bits per heavy atom. The molecular formula is C23H25Cl2N3O8. The number of hydrogen-bond donors (Lipinski definition) is 6. The lowest BCUT2D eigenvalue weighted by atomic mass is 9.57. The average molecular weight is 542 g/mol. The lowest BCUT2D eigenvalue weighted by Gasteiger charge is -2.50. The molecule has 0 heterocycles. The number of halogens is 2. The minimum atomic E-state index is -2.70. The molecule has 2 unspecified atom stereocenters. The number of aliphatic hydroxyl groups excluding tert-OH is 2. The van der Waals surface area contributed by atoms with Crippen molar-refractivity contribution < 1.29 is 39.6 Å². The number of phenols is 1. The smallest absolute Gasteiger partial charge is 0.255 e. The van der Waals surface area contributed by atoms with Gasteiger partial charge in [0, 0.05) is 11.5 Å². The summed E-state index contributed by atoms with van der Waals surface area (Å²) in [5.41, 5.74) is 1.75. The van der Waals surface area contributed by atoms with Gasteiger partial charge in [0.2, 0.25) is 11.7 Å². The number of ketones is 2. The lowest BCUT2D eigenvalue weighted by molar-refractivity contribution is -0.153. The summed E-state index contributed by atoms with van der Waals surface area (Å²) in [4.78, 5) is 51.8. The fourth-order valence-corrected chi connectivity index (χ4v) is 5.57. The van der Waals surface area contributed by atoms with Crippen LogP contribution in [-0.2, 0) is 25.6 Å². The van der Waals surface area contributed by atoms with E-state index in [1.807, 2.05) is 0 Å². The molecule has 4 atom stereocenters. The normalized spacial score (nSPS) is 27.2. The molecule has 36 heavy (non-hydrogen) atoms. The number of nitrogens with zero attached hydrogens (tertiary/aromatic N) is 1. The predicted molar refractivity (Wildman–Crippen MR) is 131 cm³/mol. The number of aromatic hydroxyl groups is 1. The van der Waals surface area contributed by atoms with Crippen LogP contribution in [0.5, 0.6) is 5.75 Å². The van der Waals surface area contributed by atoms with E-state index in [2.05, 4.69) is 5.32 Å². The van der Waals surface area contributed by atoms with Gasteiger partial charge < -0.3 is 31.5 Å². The Hall–Kier alpha value is -3.12. The highest BCUT2D eigenvalue weighted by Crippen LogP contribution is 2.53. The molecule has 1 saturated carbocycles. The summed E-state index contributed by atoms with van der Waals surface area (Å²) in [6, 6.07) is 1.85. The van der Waals surface area contributed by atoms with Gasteiger partial charge in [0.25, 0.3) is 5.91 Å². The highest BCUT2D eigenvalue weighted by atomic mass is 35.5. The second kappa shape index (κ2) is 9.40. The number of rotatable bonds is 4. The number of carbonyl (C=O) groups excluding carboxylic acids is 4. The highest BCUT2D eigenvalue weighted by molar-refractivity contribution is 6.29. The van der Waals surface area contributed by atoms with Gasteiger partial charge >= 0.3 is 0 Å². The topological polar surface area (TPSA) is 190 Å². The number of fused-ring (bicyclic) bond motifs is 3. The number of alkyl halides is 1. The Balaban J connectivity index is 0.00000361. The van der Waals surface area contributed by atoms with Crippen molar-refractivity contribution in [1.29, 1.82) is 0 Å². The summed E-state index contributed by atoms with van der Waals surface area (Å²) in [5, 5.41) is 46.6. The molecule has 194 valence electrons. The Morgan fingerprint density at radius 2 is 1.86 bits per heavy atom. The second-order valence-corrected chi connectivity index (χ2v) is 9.41. The first-order valence-electron chi connectivity index (χ1n) is 10.7. The van der Waals surface area contributed by atoms with Crippen LogP contribution in [-0.4, -0.2) is 80.3 Å². The number of likely N-dealkylation sites (N-methyl/N-ethyl adjacent to an activating group) is 1. The van der Waals surface area contributed by atoms with Crippen molar-refractivity contribution in [2.45, 2.75) is 24.5 Å². The number of hydrogen-bond acceptors (Lipinski definition) is 9. The number of amides is 2. The van der Waals surface area contributed by atoms with Crippen molar-refractivity contribution in [2.75, 3.05) is 25.3 Å². The molecule has 11 nitrogen and oxygen atoms in total. The fraction of sp³-hybridized carbons (Fsp3) is 0.391. The second-order valence-electron chi connectivity index (χ2n) is 9.14. The van der Waals surface area contributed by atoms with Crippen molar-refractivity contribution in [3.63, 3.8) is 0 Å². The van der Waals surface area contributed by atoms with Gasteiger partial charge in [-0.2, -0.15) is 0 Å². The van der Waals surface area contributed by atoms with Gasteiger partial charge in [-0.1, -0.05) is 6.07 Å². The van der Waals surface area contributed by atoms with Gasteiger partial charge in [0.15, 0.2) is 11.4 Å². The zero-order valence-corrected chi connectivity index (χ0v) is 20.8. The molecule has 4 rings (SSSR count). The highest BCUT2D eigenvalue weighted by Gasteiger charge is 2.64. The summed E-state index contributed by atoms with van der Waals surface area (Å²) < 4.78 is 0. The summed E-state index contributed by atoms with van der Waals surface area (Å²) >= 11 is 5.50. The Labute approximate surface area is 216 Å². The molecule has 0 saturated heterocycles. The van der Waals surface area contributed by atoms with Crippen LogP contribution < -0.4 is 11.1 Å². The molecular weight excluding hydrogens is 517 g/mol. The van der Waals surface area contributed by atoms with Crippen molar-refractivity contribution in [3.8, 4) is 5.75 Å². The molecule has 13 heteroatoms. The third kappa shape index (κ3) is 3.74. The predicted octanol–water partition coefficient (Wildman–Crippen LogP) is 0.563. The summed E-state index contributed by atoms with van der Waals surface area (Å²) in [6.07, 6.45) is 0.156. The third-order valence-electron chi connectivity index (χ3n) is 6.99. The quantitative estimate of drug-likeness (QED) is 0.179. The Bertz CT molecular complexity index is 1260. The fourth-order valence-electron chi connectivity index (χ4n) is 5.50. The van der Waals surface area contributed by atoms with E-state index in [0.29, 0.717) is 5.56 Å². The molecule has 0 aromatic heterocycles. The van der Waals surface area contributed by atoms with Crippen LogP contribution in [0.2, 0.25) is 0 Å². The number of Topliss-reactive ketones (excluding diaryl/α,β-unsaturated/α-hetero) is 2. The van der Waals surface area contributed by atoms with Gasteiger partial charge in [-0.05, 0) is 44.5 Å². The molecule has 0 aliphatic heterocycles. The van der Waals surface area contributed by atoms with E-state index in [1.54, 1.807) is 6.07 Å². The van der Waals surface area contributed by atoms with Crippen LogP contribution in [0.3, 0.4) is 0 Å². The number of benzene rings is 1. The van der Waals surface area contributed by atoms with E-state index in [1.165, 1.54) is 25.1 Å². The number of primary amides is 1. The molecule has 1 aromatic carbocycles. The molecule has 2 amide bonds. The lowest BCUT2D eigenvalue weighted by Crippen LogP contribution is -2.65. The molecule has 3 aliphatic rings. The number of phenolic OH excluding ortho intramolecular Hbond substituents is 1. The first-order valence-corrected chi connectivity index (χ1v) is 11.2. The van der Waals surface area contributed by atoms with Crippen LogP contribution >= 0.6 is 24.0 Å². The Morgan fingerprint density at radius 1 is 1.22 bits per heavy atom. The van der Waals surface area contributed by atoms with E-state index in [0.717, 1.165) is 0 Å². The van der Waals surface area contributed by atoms with Gasteiger partial charge in [0.05, 0.1) is 17.3 Å². The molecule has 0 radical (unpaired) electrons. The van der Waals surface area contributed by atoms with Crippen LogP contribution in [0.15, 0.2) is 29.0 Å². The SMILES string of the molecule is CN(C)[C@@H]1C(=O)C(C(N)=O)=C(O)[C@@]2(O)C(=O)C3=C(O)c4c(ccc(NC(=O)CCl)c4O)CC3CC12.Cl. The average Bonchev–Trinajstić information content (AvgIpc) is 2.77. The molecule has 3 aliphatic carbocycles. The van der Waals surface area contributed by atoms with E-state index < -0.39 is 69.7 Å². The van der Waals surface area contributed by atoms with Crippen molar-refractivity contribution >= 4 is 58.8 Å². The summed E-state index contributed by atoms with van der Waals surface area (Å²) in [6.45, 7) is 0. The Kier molecular flexibility index (Phi) is 7.17. The summed E-state index contributed by atoms with van der Waals surface area (Å²) in [5.74, 6) is -8.30. The largest absolute Gasteiger partial charge is 0.508 e. The number of anilines is 1. The number of carbonyl (C=O) groups is 4. The van der Waals surface area contributed by atoms with E-state index in [9.17, 15) is 39.6 Å². The molecule has 1 aromatic rings. The van der Waals surface area contributed by atoms with Crippen LogP contribution in [0.25, 0.3) is 5.76 Å². The van der Waals surface area contributed by atoms with Crippen LogP contribution in [0.4, 0.5) is 5.69 Å². The van der Waals surface area contributed by atoms with E-state index in [4.69, 9.17) is 17.3 Å². The standard InChI is InChI=1S/C23H24ClN3O8.ClH/c1-27(2)16-10-6-9-5-8-3-4-11(26-12(28)7-24)17(29)13(8)18(30)14(9)20(32)23(10,35)21(33)15(19(16)31)22(25)34;/h3-4,9-10,16,29-30,33,35H,5-7H2,1-2H3,(H2,25,34)(H,26,28);1H/t9?,10?,16-,23-;/m0./s1. The number of aliphatic hydroxyl groups is 3. The van der Waals surface area contributed by atoms with Gasteiger partial charge in [-0.25, -0.2) is 0 Å². The first kappa shape index (κ1) is 27.5. The zero-order valence-electron chi connectivity index (χ0n) is 19.2. The van der Waals surface area contributed by atoms with Crippen molar-refractivity contribution in [2.24, 2.45) is 17.6 Å².